The molecule has 1 atom stereocenters. The molecule has 3 aromatic rings. The van der Waals surface area contributed by atoms with E-state index in [9.17, 15) is 14.0 Å². The lowest BCUT2D eigenvalue weighted by molar-refractivity contribution is -0.121. The molecule has 1 heterocycles. The Labute approximate surface area is 177 Å². The standard InChI is InChI=1S/C22H21FN2O2S2/c23-17-9-7-15(8-10-17)12-16(21(24)26)13-25-22(27)19-5-1-2-6-20(19)29-14-18-4-3-11-28-18/h1-11,16H,12-14H2,(H2,24,26)(H,25,27)/t16-/m0/s1. The van der Waals surface area contributed by atoms with Crippen molar-refractivity contribution in [2.45, 2.75) is 17.1 Å². The van der Waals surface area contributed by atoms with Gasteiger partial charge >= 0.3 is 0 Å². The van der Waals surface area contributed by atoms with E-state index < -0.39 is 11.8 Å². The van der Waals surface area contributed by atoms with Gasteiger partial charge in [0, 0.05) is 22.1 Å². The van der Waals surface area contributed by atoms with E-state index in [1.165, 1.54) is 17.0 Å². The Bertz CT molecular complexity index is 959. The molecule has 150 valence electrons. The number of amides is 2. The summed E-state index contributed by atoms with van der Waals surface area (Å²) in [6, 6.07) is 17.4. The molecule has 3 N–H and O–H groups in total. The summed E-state index contributed by atoms with van der Waals surface area (Å²) in [6.45, 7) is 0.121. The van der Waals surface area contributed by atoms with E-state index in [-0.39, 0.29) is 18.3 Å². The highest BCUT2D eigenvalue weighted by molar-refractivity contribution is 7.98. The van der Waals surface area contributed by atoms with Gasteiger partial charge in [-0.25, -0.2) is 4.39 Å². The summed E-state index contributed by atoms with van der Waals surface area (Å²) in [7, 11) is 0. The smallest absolute Gasteiger partial charge is 0.252 e. The molecule has 2 amide bonds. The SMILES string of the molecule is NC(=O)[C@H](CNC(=O)c1ccccc1SCc1cccs1)Cc1ccc(F)cc1. The number of thioether (sulfide) groups is 1. The molecular formula is C22H21FN2O2S2. The maximum atomic E-state index is 13.1. The van der Waals surface area contributed by atoms with Gasteiger partial charge in [-0.3, -0.25) is 9.59 Å². The number of carbonyl (C=O) groups is 2. The molecule has 0 saturated carbocycles. The highest BCUT2D eigenvalue weighted by atomic mass is 32.2. The number of hydrogen-bond donors (Lipinski definition) is 2. The Balaban J connectivity index is 1.62. The molecule has 0 aliphatic rings. The molecule has 0 bridgehead atoms. The number of benzene rings is 2. The number of rotatable bonds is 9. The zero-order chi connectivity index (χ0) is 20.6. The van der Waals surface area contributed by atoms with Crippen molar-refractivity contribution < 1.29 is 14.0 Å². The first-order valence-electron chi connectivity index (χ1n) is 9.09. The van der Waals surface area contributed by atoms with E-state index in [1.807, 2.05) is 29.6 Å². The molecular weight excluding hydrogens is 407 g/mol. The summed E-state index contributed by atoms with van der Waals surface area (Å²) in [5.74, 6) is -0.875. The van der Waals surface area contributed by atoms with Gasteiger partial charge in [-0.05, 0) is 47.7 Å². The van der Waals surface area contributed by atoms with Crippen molar-refractivity contribution >= 4 is 34.9 Å². The van der Waals surface area contributed by atoms with Crippen molar-refractivity contribution in [3.8, 4) is 0 Å². The second-order valence-electron chi connectivity index (χ2n) is 6.50. The van der Waals surface area contributed by atoms with Gasteiger partial charge in [-0.15, -0.1) is 23.1 Å². The molecule has 0 aliphatic carbocycles. The van der Waals surface area contributed by atoms with Crippen molar-refractivity contribution in [1.82, 2.24) is 5.32 Å². The van der Waals surface area contributed by atoms with E-state index in [1.54, 1.807) is 41.3 Å². The average molecular weight is 429 g/mol. The Kier molecular flexibility index (Phi) is 7.43. The monoisotopic (exact) mass is 428 g/mol. The minimum atomic E-state index is -0.574. The van der Waals surface area contributed by atoms with E-state index in [0.717, 1.165) is 16.2 Å². The molecule has 4 nitrogen and oxygen atoms in total. The van der Waals surface area contributed by atoms with Crippen LogP contribution in [0, 0.1) is 11.7 Å². The second-order valence-corrected chi connectivity index (χ2v) is 8.55. The van der Waals surface area contributed by atoms with Crippen LogP contribution in [-0.2, 0) is 17.0 Å². The molecule has 7 heteroatoms. The zero-order valence-corrected chi connectivity index (χ0v) is 17.3. The van der Waals surface area contributed by atoms with Crippen LogP contribution < -0.4 is 11.1 Å². The number of carbonyl (C=O) groups excluding carboxylic acids is 2. The lowest BCUT2D eigenvalue weighted by Gasteiger charge is -2.15. The van der Waals surface area contributed by atoms with Crippen molar-refractivity contribution in [3.05, 3.63) is 87.9 Å². The summed E-state index contributed by atoms with van der Waals surface area (Å²) in [6.07, 6.45) is 0.338. The maximum Gasteiger partial charge on any atom is 0.252 e. The molecule has 0 spiro atoms. The number of primary amides is 1. The Morgan fingerprint density at radius 3 is 2.52 bits per heavy atom. The topological polar surface area (TPSA) is 72.2 Å². The van der Waals surface area contributed by atoms with Crippen LogP contribution in [0.2, 0.25) is 0 Å². The minimum absolute atomic E-state index is 0.121. The van der Waals surface area contributed by atoms with Gasteiger partial charge in [-0.2, -0.15) is 0 Å². The van der Waals surface area contributed by atoms with Crippen molar-refractivity contribution in [2.24, 2.45) is 11.7 Å². The predicted molar refractivity (Wildman–Crippen MR) is 115 cm³/mol. The summed E-state index contributed by atoms with van der Waals surface area (Å²) in [4.78, 5) is 26.7. The van der Waals surface area contributed by atoms with Crippen LogP contribution in [0.3, 0.4) is 0 Å². The van der Waals surface area contributed by atoms with Gasteiger partial charge in [0.25, 0.3) is 5.91 Å². The lowest BCUT2D eigenvalue weighted by atomic mass is 9.98. The number of thiophene rings is 1. The van der Waals surface area contributed by atoms with E-state index in [0.29, 0.717) is 12.0 Å². The van der Waals surface area contributed by atoms with Gasteiger partial charge < -0.3 is 11.1 Å². The Hall–Kier alpha value is -2.64. The Morgan fingerprint density at radius 1 is 1.07 bits per heavy atom. The van der Waals surface area contributed by atoms with Gasteiger partial charge in [0.15, 0.2) is 0 Å². The van der Waals surface area contributed by atoms with E-state index >= 15 is 0 Å². The molecule has 0 radical (unpaired) electrons. The minimum Gasteiger partial charge on any atom is -0.369 e. The fraction of sp³-hybridized carbons (Fsp3) is 0.182. The molecule has 0 aliphatic heterocycles. The quantitative estimate of drug-likeness (QED) is 0.501. The van der Waals surface area contributed by atoms with E-state index in [4.69, 9.17) is 5.73 Å². The summed E-state index contributed by atoms with van der Waals surface area (Å²) < 4.78 is 13.1. The predicted octanol–water partition coefficient (Wildman–Crippen LogP) is 4.25. The first-order valence-corrected chi connectivity index (χ1v) is 11.0. The largest absolute Gasteiger partial charge is 0.369 e. The number of nitrogens with one attached hydrogen (secondary N) is 1. The molecule has 0 saturated heterocycles. The lowest BCUT2D eigenvalue weighted by Crippen LogP contribution is -2.37. The molecule has 3 rings (SSSR count). The van der Waals surface area contributed by atoms with Gasteiger partial charge in [0.2, 0.25) is 5.91 Å². The molecule has 0 unspecified atom stereocenters. The number of nitrogens with two attached hydrogens (primary N) is 1. The van der Waals surface area contributed by atoms with Crippen LogP contribution >= 0.6 is 23.1 Å². The first-order chi connectivity index (χ1) is 14.0. The van der Waals surface area contributed by atoms with Crippen molar-refractivity contribution in [3.63, 3.8) is 0 Å². The highest BCUT2D eigenvalue weighted by Crippen LogP contribution is 2.28. The molecule has 1 aromatic heterocycles. The molecule has 2 aromatic carbocycles. The molecule has 0 fully saturated rings. The summed E-state index contributed by atoms with van der Waals surface area (Å²) in [5, 5.41) is 4.85. The van der Waals surface area contributed by atoms with Crippen LogP contribution in [0.1, 0.15) is 20.8 Å². The maximum absolute atomic E-state index is 13.1. The number of halogens is 1. The number of hydrogen-bond acceptors (Lipinski definition) is 4. The Morgan fingerprint density at radius 2 is 1.83 bits per heavy atom. The van der Waals surface area contributed by atoms with Crippen LogP contribution in [0.15, 0.2) is 70.9 Å². The molecule has 29 heavy (non-hydrogen) atoms. The van der Waals surface area contributed by atoms with Crippen molar-refractivity contribution in [2.75, 3.05) is 6.54 Å². The van der Waals surface area contributed by atoms with Crippen LogP contribution in [0.25, 0.3) is 0 Å². The highest BCUT2D eigenvalue weighted by Gasteiger charge is 2.19. The average Bonchev–Trinajstić information content (AvgIpc) is 3.24. The zero-order valence-electron chi connectivity index (χ0n) is 15.6. The third-order valence-corrected chi connectivity index (χ3v) is 6.57. The normalized spacial score (nSPS) is 11.8. The van der Waals surface area contributed by atoms with Gasteiger partial charge in [0.05, 0.1) is 11.5 Å². The van der Waals surface area contributed by atoms with E-state index in [2.05, 4.69) is 11.4 Å². The third kappa shape index (κ3) is 6.17. The summed E-state index contributed by atoms with van der Waals surface area (Å²) in [5.41, 5.74) is 6.86. The van der Waals surface area contributed by atoms with Crippen LogP contribution in [-0.4, -0.2) is 18.4 Å². The first kappa shape index (κ1) is 21.1. The summed E-state index contributed by atoms with van der Waals surface area (Å²) >= 11 is 3.28. The second kappa shape index (κ2) is 10.2. The fourth-order valence-corrected chi connectivity index (χ4v) is 4.64. The third-order valence-electron chi connectivity index (χ3n) is 4.39. The van der Waals surface area contributed by atoms with Gasteiger partial charge in [-0.1, -0.05) is 30.3 Å². The van der Waals surface area contributed by atoms with Crippen molar-refractivity contribution in [1.29, 1.82) is 0 Å². The van der Waals surface area contributed by atoms with Crippen LogP contribution in [0.5, 0.6) is 0 Å². The fourth-order valence-electron chi connectivity index (χ4n) is 2.81. The van der Waals surface area contributed by atoms with Gasteiger partial charge in [0.1, 0.15) is 5.82 Å². The van der Waals surface area contributed by atoms with Crippen LogP contribution in [0.4, 0.5) is 4.39 Å².